The lowest BCUT2D eigenvalue weighted by atomic mass is 9.42. The predicted molar refractivity (Wildman–Crippen MR) is 172 cm³/mol. The van der Waals surface area contributed by atoms with E-state index >= 15 is 0 Å². The molecule has 0 bridgehead atoms. The van der Waals surface area contributed by atoms with Crippen LogP contribution in [-0.2, 0) is 19.1 Å². The number of aliphatic carboxylic acids is 2. The quantitative estimate of drug-likeness (QED) is 0.142. The Balaban J connectivity index is 1.55. The molecule has 10 atom stereocenters. The third kappa shape index (κ3) is 6.03. The van der Waals surface area contributed by atoms with Gasteiger partial charge in [-0.3, -0.25) is 14.4 Å². The van der Waals surface area contributed by atoms with E-state index in [9.17, 15) is 29.7 Å². The molecule has 4 rings (SSSR count). The summed E-state index contributed by atoms with van der Waals surface area (Å²) in [5.74, 6) is -2.21. The minimum absolute atomic E-state index is 0.124. The number of allylic oxidation sites excluding steroid dienone is 1. The van der Waals surface area contributed by atoms with Gasteiger partial charge in [0.15, 0.2) is 0 Å². The molecule has 0 radical (unpaired) electrons. The van der Waals surface area contributed by atoms with Gasteiger partial charge in [0, 0.05) is 10.8 Å². The Bertz CT molecular complexity index is 1250. The molecule has 0 saturated heterocycles. The molecule has 0 heterocycles. The van der Waals surface area contributed by atoms with Crippen LogP contribution >= 0.6 is 0 Å². The molecule has 2 fully saturated rings. The van der Waals surface area contributed by atoms with Gasteiger partial charge in [-0.2, -0.15) is 0 Å². The number of fused-ring (bicyclic) bond motifs is 4. The van der Waals surface area contributed by atoms with Crippen molar-refractivity contribution in [1.29, 1.82) is 0 Å². The third-order valence-corrected chi connectivity index (χ3v) is 13.8. The Hall–Kier alpha value is -2.19. The van der Waals surface area contributed by atoms with Crippen molar-refractivity contribution in [2.45, 2.75) is 144 Å². The molecule has 0 aliphatic heterocycles. The molecule has 0 aromatic rings. The van der Waals surface area contributed by atoms with Gasteiger partial charge >= 0.3 is 17.9 Å². The number of carboxylic acid groups (broad SMARTS) is 2. The number of rotatable bonds is 11. The van der Waals surface area contributed by atoms with Gasteiger partial charge in [-0.15, -0.1) is 0 Å². The van der Waals surface area contributed by atoms with Crippen molar-refractivity contribution in [2.24, 2.45) is 45.3 Å². The molecule has 0 amide bonds. The second-order valence-electron chi connectivity index (χ2n) is 16.8. The van der Waals surface area contributed by atoms with Gasteiger partial charge in [0.1, 0.15) is 6.10 Å². The summed E-state index contributed by atoms with van der Waals surface area (Å²) >= 11 is 0. The highest BCUT2D eigenvalue weighted by molar-refractivity contribution is 5.74. The van der Waals surface area contributed by atoms with Crippen LogP contribution in [0.1, 0.15) is 126 Å². The Morgan fingerprint density at radius 2 is 1.64 bits per heavy atom. The summed E-state index contributed by atoms with van der Waals surface area (Å²) in [6.45, 7) is 20.8. The number of hydrogen-bond donors (Lipinski definition) is 4. The van der Waals surface area contributed by atoms with E-state index in [1.807, 2.05) is 0 Å². The zero-order chi connectivity index (χ0) is 33.9. The van der Waals surface area contributed by atoms with Crippen LogP contribution in [0, 0.1) is 45.3 Å². The number of carboxylic acids is 2. The van der Waals surface area contributed by atoms with Gasteiger partial charge in [-0.1, -0.05) is 64.8 Å². The smallest absolute Gasteiger partial charge is 0.310 e. The van der Waals surface area contributed by atoms with Crippen LogP contribution in [0.15, 0.2) is 23.3 Å². The van der Waals surface area contributed by atoms with Crippen LogP contribution in [0.3, 0.4) is 0 Å². The first-order valence-corrected chi connectivity index (χ1v) is 17.1. The number of aliphatic hydroxyl groups is 2. The van der Waals surface area contributed by atoms with Gasteiger partial charge in [0.2, 0.25) is 0 Å². The van der Waals surface area contributed by atoms with Crippen molar-refractivity contribution in [2.75, 3.05) is 0 Å². The fourth-order valence-corrected chi connectivity index (χ4v) is 10.7. The van der Waals surface area contributed by atoms with Crippen molar-refractivity contribution < 1.29 is 39.5 Å². The van der Waals surface area contributed by atoms with Crippen LogP contribution in [0.4, 0.5) is 0 Å². The molecule has 0 spiro atoms. The summed E-state index contributed by atoms with van der Waals surface area (Å²) in [6, 6.07) is 0. The lowest BCUT2D eigenvalue weighted by Crippen LogP contribution is -2.58. The number of carbonyl (C=O) groups is 3. The molecule has 0 aromatic heterocycles. The number of aliphatic hydroxyl groups excluding tert-OH is 1. The Labute approximate surface area is 269 Å². The average molecular weight is 631 g/mol. The molecule has 8 nitrogen and oxygen atoms in total. The topological polar surface area (TPSA) is 141 Å². The standard InChI is InChI=1S/C37H58O8/c1-21(23(3)32(42)43)10-11-22(2)24-14-17-36(8)25-12-13-27-33(4,5)29(45-31(41)20-34(6,44)19-30(39)40)15-16-35(27,7)26(25)18-28(38)37(24,36)9/h22-24,27-29,38,44H,1,10-20H2,2-9H3,(H,39,40)(H,42,43)/t22-,23+,24-,27+,28-,29+,34+,35-,36+,37+/m1/s1. The van der Waals surface area contributed by atoms with E-state index in [-0.39, 0.29) is 40.1 Å². The lowest BCUT2D eigenvalue weighted by molar-refractivity contribution is -0.175. The summed E-state index contributed by atoms with van der Waals surface area (Å²) in [5, 5.41) is 41.0. The van der Waals surface area contributed by atoms with Crippen LogP contribution in [0.25, 0.3) is 0 Å². The summed E-state index contributed by atoms with van der Waals surface area (Å²) in [5.41, 5.74) is 1.17. The van der Waals surface area contributed by atoms with Crippen molar-refractivity contribution in [3.63, 3.8) is 0 Å². The largest absolute Gasteiger partial charge is 0.481 e. The SMILES string of the molecule is C=C(CC[C@@H](C)[C@H]1CC[C@@]2(C)C3=C(C[C@@H](O)[C@]12C)[C@@]1(C)CC[C@H](OC(=O)C[C@@](C)(O)CC(=O)O)C(C)(C)[C@@H]1CC3)[C@H](C)C(=O)O. The molecular weight excluding hydrogens is 572 g/mol. The molecule has 45 heavy (non-hydrogen) atoms. The van der Waals surface area contributed by atoms with Crippen LogP contribution < -0.4 is 0 Å². The summed E-state index contributed by atoms with van der Waals surface area (Å²) in [6.07, 6.45) is 6.01. The van der Waals surface area contributed by atoms with Crippen molar-refractivity contribution in [1.82, 2.24) is 0 Å². The number of esters is 1. The highest BCUT2D eigenvalue weighted by Gasteiger charge is 2.66. The first-order chi connectivity index (χ1) is 20.6. The number of ether oxygens (including phenoxy) is 1. The van der Waals surface area contributed by atoms with E-state index in [0.29, 0.717) is 31.1 Å². The normalized spacial score (nSPS) is 38.2. The van der Waals surface area contributed by atoms with E-state index < -0.39 is 42.0 Å². The first kappa shape index (κ1) is 35.7. The van der Waals surface area contributed by atoms with E-state index in [1.54, 1.807) is 6.92 Å². The van der Waals surface area contributed by atoms with Crippen LogP contribution in [-0.4, -0.2) is 56.1 Å². The Kier molecular flexibility index (Phi) is 9.60. The van der Waals surface area contributed by atoms with E-state index in [2.05, 4.69) is 48.1 Å². The average Bonchev–Trinajstić information content (AvgIpc) is 3.20. The Morgan fingerprint density at radius 1 is 1.00 bits per heavy atom. The molecule has 2 saturated carbocycles. The summed E-state index contributed by atoms with van der Waals surface area (Å²) < 4.78 is 5.99. The maximum atomic E-state index is 12.9. The molecule has 0 aromatic carbocycles. The van der Waals surface area contributed by atoms with Crippen LogP contribution in [0.2, 0.25) is 0 Å². The maximum Gasteiger partial charge on any atom is 0.310 e. The van der Waals surface area contributed by atoms with Crippen LogP contribution in [0.5, 0.6) is 0 Å². The fourth-order valence-electron chi connectivity index (χ4n) is 10.7. The van der Waals surface area contributed by atoms with E-state index in [4.69, 9.17) is 9.84 Å². The van der Waals surface area contributed by atoms with E-state index in [1.165, 1.54) is 18.1 Å². The minimum Gasteiger partial charge on any atom is -0.481 e. The molecule has 0 unspecified atom stereocenters. The Morgan fingerprint density at radius 3 is 2.24 bits per heavy atom. The monoisotopic (exact) mass is 630 g/mol. The highest BCUT2D eigenvalue weighted by atomic mass is 16.5. The van der Waals surface area contributed by atoms with Gasteiger partial charge < -0.3 is 25.2 Å². The molecule has 254 valence electrons. The second kappa shape index (κ2) is 12.1. The summed E-state index contributed by atoms with van der Waals surface area (Å²) in [7, 11) is 0. The third-order valence-electron chi connectivity index (χ3n) is 13.8. The van der Waals surface area contributed by atoms with Gasteiger partial charge in [0.25, 0.3) is 0 Å². The second-order valence-corrected chi connectivity index (χ2v) is 16.8. The van der Waals surface area contributed by atoms with Gasteiger partial charge in [0.05, 0.1) is 30.5 Å². The lowest BCUT2D eigenvalue weighted by Gasteiger charge is -2.63. The molecule has 4 aliphatic rings. The zero-order valence-electron chi connectivity index (χ0n) is 28.9. The van der Waals surface area contributed by atoms with Gasteiger partial charge in [-0.05, 0) is 100 Å². The van der Waals surface area contributed by atoms with Crippen molar-refractivity contribution in [3.8, 4) is 0 Å². The van der Waals surface area contributed by atoms with Crippen molar-refractivity contribution in [3.05, 3.63) is 23.3 Å². The number of hydrogen-bond acceptors (Lipinski definition) is 6. The minimum atomic E-state index is -1.66. The summed E-state index contributed by atoms with van der Waals surface area (Å²) in [4.78, 5) is 35.5. The predicted octanol–water partition coefficient (Wildman–Crippen LogP) is 6.93. The highest BCUT2D eigenvalue weighted by Crippen LogP contribution is 2.72. The number of carbonyl (C=O) groups excluding carboxylic acids is 1. The van der Waals surface area contributed by atoms with E-state index in [0.717, 1.165) is 44.1 Å². The van der Waals surface area contributed by atoms with Gasteiger partial charge in [-0.25, -0.2) is 0 Å². The molecule has 4 N–H and O–H groups in total. The molecule has 4 aliphatic carbocycles. The molecular formula is C37H58O8. The first-order valence-electron chi connectivity index (χ1n) is 17.1. The van der Waals surface area contributed by atoms with Crippen molar-refractivity contribution >= 4 is 17.9 Å². The fraction of sp³-hybridized carbons (Fsp3) is 0.811. The molecule has 8 heteroatoms. The maximum absolute atomic E-state index is 12.9. The zero-order valence-corrected chi connectivity index (χ0v) is 28.9.